The lowest BCUT2D eigenvalue weighted by molar-refractivity contribution is -0.323. The van der Waals surface area contributed by atoms with Crippen molar-refractivity contribution in [3.8, 4) is 0 Å². The van der Waals surface area contributed by atoms with Gasteiger partial charge in [0.05, 0.1) is 30.4 Å². The first kappa shape index (κ1) is 36.1. The molecule has 4 rings (SSSR count). The maximum absolute atomic E-state index is 11.2. The minimum absolute atomic E-state index is 0.0558. The third-order valence-corrected chi connectivity index (χ3v) is 8.74. The standard InChI is InChI=1S/C25H49N5O14/c1-25(2,38)21-16(36)15(35)11(30)23(44-21)41-18-7(28)3-6(27)12(32)20(18)43-24-17(37)19(9(5-31)40-24)42-22-10(29)14(34)13(33)8(4-26)39-22/h6-24,31-38H,3-5,26-30H2,1-2H3/t6-,7?,8+,9-,10?,11?,12?,13-,14?,15-,16+,17?,18-,19+,20-,21?,22-,23+,24+/m1/s1. The van der Waals surface area contributed by atoms with E-state index in [1.54, 1.807) is 0 Å². The van der Waals surface area contributed by atoms with Gasteiger partial charge in [-0.1, -0.05) is 0 Å². The van der Waals surface area contributed by atoms with Crippen molar-refractivity contribution in [1.29, 1.82) is 0 Å². The Morgan fingerprint density at radius 1 is 0.636 bits per heavy atom. The molecule has 44 heavy (non-hydrogen) atoms. The second kappa shape index (κ2) is 14.2. The summed E-state index contributed by atoms with van der Waals surface area (Å²) in [6.07, 6.45) is -20.8. The average Bonchev–Trinajstić information content (AvgIpc) is 3.26. The summed E-state index contributed by atoms with van der Waals surface area (Å²) in [7, 11) is 0. The Labute approximate surface area is 253 Å². The Balaban J connectivity index is 1.51. The molecule has 18 N–H and O–H groups in total. The monoisotopic (exact) mass is 643 g/mol. The van der Waals surface area contributed by atoms with Crippen LogP contribution in [0.25, 0.3) is 0 Å². The maximum Gasteiger partial charge on any atom is 0.187 e. The van der Waals surface area contributed by atoms with Crippen LogP contribution in [-0.2, 0) is 28.4 Å². The molecule has 4 fully saturated rings. The first-order valence-electron chi connectivity index (χ1n) is 14.6. The Bertz CT molecular complexity index is 936. The van der Waals surface area contributed by atoms with Crippen molar-refractivity contribution in [2.75, 3.05) is 13.2 Å². The van der Waals surface area contributed by atoms with Crippen molar-refractivity contribution in [1.82, 2.24) is 0 Å². The Kier molecular flexibility index (Phi) is 11.6. The Morgan fingerprint density at radius 2 is 1.16 bits per heavy atom. The summed E-state index contributed by atoms with van der Waals surface area (Å²) in [5.74, 6) is 0. The molecule has 19 nitrogen and oxygen atoms in total. The molecule has 4 aliphatic rings. The molecule has 1 aliphatic carbocycles. The van der Waals surface area contributed by atoms with Crippen molar-refractivity contribution in [2.24, 2.45) is 28.7 Å². The highest BCUT2D eigenvalue weighted by atomic mass is 16.8. The van der Waals surface area contributed by atoms with E-state index in [0.717, 1.165) is 0 Å². The van der Waals surface area contributed by atoms with Gasteiger partial charge in [0.1, 0.15) is 67.1 Å². The second-order valence-corrected chi connectivity index (χ2v) is 12.5. The highest BCUT2D eigenvalue weighted by molar-refractivity contribution is 5.03. The van der Waals surface area contributed by atoms with Gasteiger partial charge in [0.25, 0.3) is 0 Å². The van der Waals surface area contributed by atoms with Crippen molar-refractivity contribution in [2.45, 2.75) is 142 Å². The molecule has 3 aliphatic heterocycles. The van der Waals surface area contributed by atoms with E-state index in [1.165, 1.54) is 13.8 Å². The largest absolute Gasteiger partial charge is 0.394 e. The van der Waals surface area contributed by atoms with Gasteiger partial charge in [-0.25, -0.2) is 0 Å². The van der Waals surface area contributed by atoms with Crippen molar-refractivity contribution < 1.29 is 69.3 Å². The molecule has 0 amide bonds. The number of nitrogens with two attached hydrogens (primary N) is 5. The van der Waals surface area contributed by atoms with Gasteiger partial charge in [-0.3, -0.25) is 0 Å². The zero-order valence-electron chi connectivity index (χ0n) is 24.5. The summed E-state index contributed by atoms with van der Waals surface area (Å²) in [5.41, 5.74) is 28.5. The predicted molar refractivity (Wildman–Crippen MR) is 146 cm³/mol. The first-order valence-corrected chi connectivity index (χ1v) is 14.6. The fraction of sp³-hybridized carbons (Fsp3) is 1.00. The normalized spacial score (nSPS) is 52.3. The van der Waals surface area contributed by atoms with Crippen molar-refractivity contribution in [3.63, 3.8) is 0 Å². The summed E-state index contributed by atoms with van der Waals surface area (Å²) in [6, 6.07) is -4.36. The Hall–Kier alpha value is -0.760. The lowest BCUT2D eigenvalue weighted by Crippen LogP contribution is -2.69. The molecule has 258 valence electrons. The van der Waals surface area contributed by atoms with Crippen molar-refractivity contribution >= 4 is 0 Å². The molecule has 7 unspecified atom stereocenters. The molecule has 19 atom stereocenters. The fourth-order valence-corrected chi connectivity index (χ4v) is 6.06. The predicted octanol–water partition coefficient (Wildman–Crippen LogP) is -8.08. The van der Waals surface area contributed by atoms with Crippen LogP contribution in [0.2, 0.25) is 0 Å². The van der Waals surface area contributed by atoms with Gasteiger partial charge < -0.3 is 97.9 Å². The van der Waals surface area contributed by atoms with Crippen LogP contribution in [0.3, 0.4) is 0 Å². The molecule has 0 aromatic carbocycles. The molecule has 0 aromatic heterocycles. The minimum Gasteiger partial charge on any atom is -0.394 e. The molecule has 0 radical (unpaired) electrons. The zero-order valence-corrected chi connectivity index (χ0v) is 24.5. The van der Waals surface area contributed by atoms with E-state index < -0.39 is 128 Å². The first-order chi connectivity index (χ1) is 20.5. The van der Waals surface area contributed by atoms with Crippen LogP contribution in [0.15, 0.2) is 0 Å². The summed E-state index contributed by atoms with van der Waals surface area (Å²) in [5, 5.41) is 84.1. The van der Waals surface area contributed by atoms with E-state index in [2.05, 4.69) is 0 Å². The van der Waals surface area contributed by atoms with Gasteiger partial charge in [-0.15, -0.1) is 0 Å². The van der Waals surface area contributed by atoms with Crippen LogP contribution >= 0.6 is 0 Å². The fourth-order valence-electron chi connectivity index (χ4n) is 6.06. The second-order valence-electron chi connectivity index (χ2n) is 12.5. The van der Waals surface area contributed by atoms with Crippen LogP contribution < -0.4 is 28.7 Å². The third kappa shape index (κ3) is 7.06. The lowest BCUT2D eigenvalue weighted by Gasteiger charge is -2.49. The molecule has 0 bridgehead atoms. The molecule has 3 saturated heterocycles. The van der Waals surface area contributed by atoms with Gasteiger partial charge >= 0.3 is 0 Å². The molecule has 0 spiro atoms. The van der Waals surface area contributed by atoms with E-state index in [0.29, 0.717) is 0 Å². The molecule has 19 heteroatoms. The van der Waals surface area contributed by atoms with E-state index in [1.807, 2.05) is 0 Å². The highest BCUT2D eigenvalue weighted by Gasteiger charge is 2.55. The van der Waals surface area contributed by atoms with E-state index >= 15 is 0 Å². The van der Waals surface area contributed by atoms with E-state index in [9.17, 15) is 40.9 Å². The van der Waals surface area contributed by atoms with Gasteiger partial charge in [0.2, 0.25) is 0 Å². The van der Waals surface area contributed by atoms with Crippen LogP contribution in [0, 0.1) is 0 Å². The molecule has 1 saturated carbocycles. The minimum atomic E-state index is -1.63. The van der Waals surface area contributed by atoms with E-state index in [-0.39, 0.29) is 13.0 Å². The topological polar surface area (TPSA) is 347 Å². The lowest BCUT2D eigenvalue weighted by atomic mass is 9.84. The summed E-state index contributed by atoms with van der Waals surface area (Å²) in [4.78, 5) is 0. The Morgan fingerprint density at radius 3 is 1.73 bits per heavy atom. The number of rotatable bonds is 9. The number of ether oxygens (including phenoxy) is 6. The van der Waals surface area contributed by atoms with Gasteiger partial charge in [0.15, 0.2) is 18.9 Å². The van der Waals surface area contributed by atoms with Crippen molar-refractivity contribution in [3.05, 3.63) is 0 Å². The van der Waals surface area contributed by atoms with E-state index in [4.69, 9.17) is 57.1 Å². The SMILES string of the molecule is CC(C)(O)C1O[C@H](O[C@@H]2C(N)C[C@@H](N)C(O)[C@H]2O[C@@H]2O[C@H](CO)[C@H](O[C@H]3O[C@@H](CN)[C@@H](O)C(O)C3N)C2O)C(N)[C@@H](O)[C@@H]1O. The quantitative estimate of drug-likeness (QED) is 0.111. The van der Waals surface area contributed by atoms with Gasteiger partial charge in [-0.05, 0) is 20.3 Å². The van der Waals surface area contributed by atoms with Crippen LogP contribution in [-0.4, -0.2) is 176 Å². The molecular formula is C25H49N5O14. The summed E-state index contributed by atoms with van der Waals surface area (Å²) >= 11 is 0. The average molecular weight is 644 g/mol. The highest BCUT2D eigenvalue weighted by Crippen LogP contribution is 2.35. The number of aliphatic hydroxyl groups is 8. The number of hydrogen-bond donors (Lipinski definition) is 13. The third-order valence-electron chi connectivity index (χ3n) is 8.74. The molecule has 3 heterocycles. The summed E-state index contributed by atoms with van der Waals surface area (Å²) in [6.45, 7) is 1.89. The van der Waals surface area contributed by atoms with Gasteiger partial charge in [-0.2, -0.15) is 0 Å². The van der Waals surface area contributed by atoms with Crippen LogP contribution in [0.1, 0.15) is 20.3 Å². The van der Waals surface area contributed by atoms with Gasteiger partial charge in [0, 0.05) is 18.6 Å². The smallest absolute Gasteiger partial charge is 0.187 e. The number of aliphatic hydroxyl groups excluding tert-OH is 7. The van der Waals surface area contributed by atoms with Crippen LogP contribution in [0.5, 0.6) is 0 Å². The maximum atomic E-state index is 11.2. The molecular weight excluding hydrogens is 594 g/mol. The summed E-state index contributed by atoms with van der Waals surface area (Å²) < 4.78 is 34.8. The van der Waals surface area contributed by atoms with Crippen LogP contribution in [0.4, 0.5) is 0 Å². The zero-order chi connectivity index (χ0) is 32.8. The molecule has 0 aromatic rings. The number of hydrogen-bond acceptors (Lipinski definition) is 19.